The average molecular weight is 1120 g/mol. The molecule has 2 saturated heterocycles. The maximum absolute atomic E-state index is 15.3. The van der Waals surface area contributed by atoms with Gasteiger partial charge in [0.1, 0.15) is 77.5 Å². The second-order valence-electron chi connectivity index (χ2n) is 19.6. The van der Waals surface area contributed by atoms with Crippen LogP contribution in [0, 0.1) is 11.8 Å². The summed E-state index contributed by atoms with van der Waals surface area (Å²) in [7, 11) is 2.93. The fourth-order valence-corrected chi connectivity index (χ4v) is 11.8. The van der Waals surface area contributed by atoms with Gasteiger partial charge in [-0.05, 0) is 49.9 Å². The van der Waals surface area contributed by atoms with Crippen molar-refractivity contribution in [1.82, 2.24) is 60.8 Å². The first kappa shape index (κ1) is 59.6. The van der Waals surface area contributed by atoms with E-state index in [1.54, 1.807) is 76.2 Å². The van der Waals surface area contributed by atoms with Crippen LogP contribution in [-0.4, -0.2) is 209 Å². The normalized spacial score (nSPS) is 25.6. The Labute approximate surface area is 456 Å². The number of carbonyl (C=O) groups is 10. The lowest BCUT2D eigenvalue weighted by Gasteiger charge is -2.39. The highest BCUT2D eigenvalue weighted by molar-refractivity contribution is 8.11. The molecule has 2 bridgehead atoms. The number of fused-ring (bicyclic) bond motifs is 6. The van der Waals surface area contributed by atoms with E-state index < -0.39 is 154 Å². The van der Waals surface area contributed by atoms with E-state index in [0.29, 0.717) is 22.1 Å². The van der Waals surface area contributed by atoms with Gasteiger partial charge in [-0.25, -0.2) is 19.6 Å². The zero-order valence-electron chi connectivity index (χ0n) is 44.9. The number of para-hydroxylation sites is 4. The van der Waals surface area contributed by atoms with E-state index in [9.17, 15) is 42.6 Å². The van der Waals surface area contributed by atoms with Crippen molar-refractivity contribution in [2.75, 3.05) is 53.4 Å². The molecule has 0 saturated carbocycles. The summed E-state index contributed by atoms with van der Waals surface area (Å²) in [6.45, 7) is 7.32. The molecule has 2 aliphatic rings. The molecule has 2 aromatic heterocycles. The Bertz CT molecular complexity index is 3020. The number of esters is 2. The Morgan fingerprint density at radius 1 is 0.615 bits per heavy atom. The summed E-state index contributed by atoms with van der Waals surface area (Å²) < 4.78 is 24.1. The fraction of sp³-hybridized carbons (Fsp3) is 0.490. The number of aromatic nitrogens is 4. The van der Waals surface area contributed by atoms with E-state index >= 15 is 9.59 Å². The standard InChI is InChI=1S/C51H64N12O13S2/c1-25(2)38-49(72)75-22-36(59-42(65)34-21-53-30-17-13-15-19-32(30)57-34)44(67)55-28(6)46(69)63(10)40-48(71)62(9)39(26(3)4)50(73)76-23-35(58-41(64)33-20-52-29-16-12-14-18-31(29)56-33)43(66)54-27(5)45(68)60(7)37(47(70)61(38)8)24-77-51(40)78(11)74/h12-21,25-28,35-40,51H,22-24H2,1-11H3,(H,54,66)(H,55,67)(H,58,64)(H,59,65)/t27-,28-,35+,36+,37+,38-,39-,40-,51-,78+/m0/s1. The molecule has 6 rings (SSSR count). The number of amides is 8. The number of cyclic esters (lactones) is 2. The van der Waals surface area contributed by atoms with E-state index in [2.05, 4.69) is 41.2 Å². The molecule has 78 heavy (non-hydrogen) atoms. The molecule has 25 nitrogen and oxygen atoms in total. The Hall–Kier alpha value is -7.68. The molecule has 4 N–H and O–H groups in total. The molecule has 4 aromatic rings. The van der Waals surface area contributed by atoms with Gasteiger partial charge >= 0.3 is 11.9 Å². The number of nitrogens with zero attached hydrogens (tertiary/aromatic N) is 8. The van der Waals surface area contributed by atoms with Crippen LogP contribution in [0.3, 0.4) is 0 Å². The monoisotopic (exact) mass is 1120 g/mol. The van der Waals surface area contributed by atoms with Gasteiger partial charge in [-0.15, -0.1) is 11.8 Å². The average Bonchev–Trinajstić information content (AvgIpc) is 3.41. The second kappa shape index (κ2) is 25.6. The van der Waals surface area contributed by atoms with Crippen LogP contribution in [0.4, 0.5) is 0 Å². The second-order valence-corrected chi connectivity index (χ2v) is 22.6. The zero-order valence-corrected chi connectivity index (χ0v) is 46.6. The van der Waals surface area contributed by atoms with Gasteiger partial charge in [0.25, 0.3) is 11.8 Å². The topological polar surface area (TPSA) is 319 Å². The van der Waals surface area contributed by atoms with Gasteiger partial charge in [-0.1, -0.05) is 52.0 Å². The minimum Gasteiger partial charge on any atom is -0.461 e. The molecule has 10 atom stereocenters. The van der Waals surface area contributed by atoms with Crippen LogP contribution in [0.5, 0.6) is 0 Å². The van der Waals surface area contributed by atoms with Gasteiger partial charge in [0.2, 0.25) is 35.4 Å². The number of carbonyl (C=O) groups excluding carboxylic acids is 10. The highest BCUT2D eigenvalue weighted by atomic mass is 32.2. The number of nitrogens with one attached hydrogen (secondary N) is 4. The van der Waals surface area contributed by atoms with Crippen LogP contribution in [-0.2, 0) is 58.6 Å². The van der Waals surface area contributed by atoms with E-state index in [0.717, 1.165) is 31.4 Å². The third-order valence-electron chi connectivity index (χ3n) is 13.2. The van der Waals surface area contributed by atoms with Crippen molar-refractivity contribution in [2.24, 2.45) is 11.8 Å². The number of ether oxygens (including phenoxy) is 2. The first-order chi connectivity index (χ1) is 36.8. The van der Waals surface area contributed by atoms with E-state index in [4.69, 9.17) is 9.47 Å². The van der Waals surface area contributed by atoms with Crippen molar-refractivity contribution < 1.29 is 61.6 Å². The summed E-state index contributed by atoms with van der Waals surface area (Å²) in [5, 5.41) is 10.1. The number of hydrogen-bond donors (Lipinski definition) is 4. The minimum atomic E-state index is -2.08. The van der Waals surface area contributed by atoms with Crippen molar-refractivity contribution in [1.29, 1.82) is 0 Å². The van der Waals surface area contributed by atoms with E-state index in [1.165, 1.54) is 60.7 Å². The lowest BCUT2D eigenvalue weighted by Crippen LogP contribution is -2.61. The molecule has 2 aromatic carbocycles. The van der Waals surface area contributed by atoms with Crippen LogP contribution in [0.15, 0.2) is 60.9 Å². The molecule has 2 aliphatic heterocycles. The van der Waals surface area contributed by atoms with Crippen molar-refractivity contribution in [2.45, 2.75) is 94.5 Å². The summed E-state index contributed by atoms with van der Waals surface area (Å²) in [6.07, 6.45) is 3.62. The third kappa shape index (κ3) is 13.5. The summed E-state index contributed by atoms with van der Waals surface area (Å²) in [5.41, 5.74) is 1.26. The first-order valence-electron chi connectivity index (χ1n) is 24.8. The summed E-state index contributed by atoms with van der Waals surface area (Å²) in [6, 6.07) is 0.852. The van der Waals surface area contributed by atoms with Crippen LogP contribution < -0.4 is 21.3 Å². The Kier molecular flexibility index (Phi) is 19.6. The molecular weight excluding hydrogens is 1050 g/mol. The van der Waals surface area contributed by atoms with Gasteiger partial charge in [-0.3, -0.25) is 52.5 Å². The van der Waals surface area contributed by atoms with Crippen LogP contribution in [0.25, 0.3) is 22.1 Å². The maximum atomic E-state index is 15.3. The summed E-state index contributed by atoms with van der Waals surface area (Å²) >= 11 is 0.778. The fourth-order valence-electron chi connectivity index (χ4n) is 8.96. The lowest BCUT2D eigenvalue weighted by molar-refractivity contribution is -0.160. The molecule has 0 unspecified atom stereocenters. The van der Waals surface area contributed by atoms with E-state index in [-0.39, 0.29) is 11.4 Å². The molecule has 0 radical (unpaired) electrons. The highest BCUT2D eigenvalue weighted by Crippen LogP contribution is 2.29. The summed E-state index contributed by atoms with van der Waals surface area (Å²) in [4.78, 5) is 165. The molecule has 27 heteroatoms. The predicted molar refractivity (Wildman–Crippen MR) is 285 cm³/mol. The largest absolute Gasteiger partial charge is 0.461 e. The van der Waals surface area contributed by atoms with Gasteiger partial charge < -0.3 is 50.3 Å². The van der Waals surface area contributed by atoms with Gasteiger partial charge in [0, 0.05) is 51.0 Å². The molecule has 0 spiro atoms. The van der Waals surface area contributed by atoms with Gasteiger partial charge in [0.15, 0.2) is 0 Å². The third-order valence-corrected chi connectivity index (χ3v) is 16.5. The Balaban J connectivity index is 1.45. The summed E-state index contributed by atoms with van der Waals surface area (Å²) in [5.74, 6) is -11.4. The SMILES string of the molecule is CC(C)[C@H]1C(=O)OC[C@@H](NC(=O)c2cnc3ccccc3n2)C(=O)N[C@@H](C)C(=O)N(C)[C@H]2C(=O)N(C)[C@@H](C(C)C)C(=O)OC[C@@H](NC(=O)c3cnc4ccccc4n3)C(=O)N[C@@H](C)C(=O)N(C)[C@H](CS[C@H]2[S@@](C)=O)C(=O)N1C. The van der Waals surface area contributed by atoms with Crippen molar-refractivity contribution >= 4 is 104 Å². The lowest BCUT2D eigenvalue weighted by atomic mass is 10.0. The number of likely N-dealkylation sites (N-methyl/N-ethyl adjacent to an activating group) is 4. The van der Waals surface area contributed by atoms with Gasteiger partial charge in [-0.2, -0.15) is 0 Å². The predicted octanol–water partition coefficient (Wildman–Crippen LogP) is -0.349. The van der Waals surface area contributed by atoms with Crippen LogP contribution in [0.1, 0.15) is 62.5 Å². The highest BCUT2D eigenvalue weighted by Gasteiger charge is 2.46. The number of thioether (sulfide) groups is 1. The molecule has 0 aliphatic carbocycles. The maximum Gasteiger partial charge on any atom is 0.329 e. The van der Waals surface area contributed by atoms with Crippen LogP contribution >= 0.6 is 11.8 Å². The Morgan fingerprint density at radius 2 is 1.01 bits per heavy atom. The van der Waals surface area contributed by atoms with Crippen molar-refractivity contribution in [3.05, 3.63) is 72.3 Å². The number of benzene rings is 2. The first-order valence-corrected chi connectivity index (χ1v) is 27.5. The number of hydrogen-bond acceptors (Lipinski definition) is 18. The molecular formula is C51H64N12O13S2. The smallest absolute Gasteiger partial charge is 0.329 e. The molecule has 418 valence electrons. The van der Waals surface area contributed by atoms with Crippen LogP contribution in [0.2, 0.25) is 0 Å². The van der Waals surface area contributed by atoms with Crippen molar-refractivity contribution in [3.63, 3.8) is 0 Å². The zero-order chi connectivity index (χ0) is 57.4. The quantitative estimate of drug-likeness (QED) is 0.172. The van der Waals surface area contributed by atoms with Gasteiger partial charge in [0.05, 0.1) is 34.5 Å². The van der Waals surface area contributed by atoms with E-state index in [1.807, 2.05) is 0 Å². The number of rotatable bonds is 7. The van der Waals surface area contributed by atoms with Crippen molar-refractivity contribution in [3.8, 4) is 0 Å². The molecule has 4 heterocycles. The minimum absolute atomic E-state index is 0.205. The Morgan fingerprint density at radius 3 is 1.42 bits per heavy atom. The molecule has 2 fully saturated rings. The molecule has 8 amide bonds.